The number of aromatic hydroxyl groups is 2. The molecule has 0 amide bonds. The van der Waals surface area contributed by atoms with Crippen molar-refractivity contribution in [3.05, 3.63) is 23.8 Å². The number of carbonyl (C=O) groups is 1. The number of hydrogen-bond acceptors (Lipinski definition) is 4. The van der Waals surface area contributed by atoms with Crippen molar-refractivity contribution in [2.75, 3.05) is 6.54 Å². The molecule has 1 atom stereocenters. The van der Waals surface area contributed by atoms with Gasteiger partial charge in [-0.05, 0) is 12.1 Å². The fourth-order valence-corrected chi connectivity index (χ4v) is 2.39. The summed E-state index contributed by atoms with van der Waals surface area (Å²) in [6.45, 7) is 2.39. The van der Waals surface area contributed by atoms with Crippen molar-refractivity contribution in [2.24, 2.45) is 0 Å². The Morgan fingerprint density at radius 2 is 2.17 bits per heavy atom. The molecule has 0 bridgehead atoms. The Kier molecular flexibility index (Phi) is 3.23. The van der Waals surface area contributed by atoms with Gasteiger partial charge in [-0.25, -0.2) is 4.58 Å². The third-order valence-corrected chi connectivity index (χ3v) is 3.33. The average molecular weight is 249 g/mol. The van der Waals surface area contributed by atoms with E-state index >= 15 is 0 Å². The van der Waals surface area contributed by atoms with E-state index in [2.05, 4.69) is 0 Å². The highest BCUT2D eigenvalue weighted by Gasteiger charge is 2.31. The summed E-state index contributed by atoms with van der Waals surface area (Å²) in [5.74, 6) is -1.18. The summed E-state index contributed by atoms with van der Waals surface area (Å²) in [5.41, 5.74) is 1.21. The van der Waals surface area contributed by atoms with Crippen molar-refractivity contribution in [2.45, 2.75) is 25.8 Å². The lowest BCUT2D eigenvalue weighted by atomic mass is 10.1. The number of hydrogen-bond donors (Lipinski definition) is 2. The van der Waals surface area contributed by atoms with E-state index in [0.29, 0.717) is 24.2 Å². The second kappa shape index (κ2) is 4.68. The van der Waals surface area contributed by atoms with Crippen LogP contribution < -0.4 is 5.11 Å². The van der Waals surface area contributed by atoms with Crippen LogP contribution in [-0.2, 0) is 4.79 Å². The molecular formula is C13H15NO4. The van der Waals surface area contributed by atoms with E-state index in [9.17, 15) is 20.1 Å². The monoisotopic (exact) mass is 249 g/mol. The van der Waals surface area contributed by atoms with Gasteiger partial charge in [0.05, 0.1) is 5.56 Å². The van der Waals surface area contributed by atoms with Gasteiger partial charge in [0.2, 0.25) is 0 Å². The summed E-state index contributed by atoms with van der Waals surface area (Å²) in [6, 6.07) is 3.63. The average Bonchev–Trinajstić information content (AvgIpc) is 2.77. The number of aliphatic carboxylic acids is 1. The molecule has 0 aliphatic carbocycles. The predicted molar refractivity (Wildman–Crippen MR) is 62.7 cm³/mol. The van der Waals surface area contributed by atoms with E-state index in [1.54, 1.807) is 17.6 Å². The van der Waals surface area contributed by atoms with Gasteiger partial charge in [-0.1, -0.05) is 0 Å². The van der Waals surface area contributed by atoms with Crippen LogP contribution in [0.5, 0.6) is 11.5 Å². The van der Waals surface area contributed by atoms with Crippen LogP contribution in [0.4, 0.5) is 0 Å². The number of rotatable bonds is 2. The first-order valence-corrected chi connectivity index (χ1v) is 5.84. The van der Waals surface area contributed by atoms with Crippen molar-refractivity contribution < 1.29 is 24.7 Å². The number of carboxylic acids is 1. The molecule has 1 saturated heterocycles. The summed E-state index contributed by atoms with van der Waals surface area (Å²) in [6.07, 6.45) is 1.34. The van der Waals surface area contributed by atoms with Gasteiger partial charge in [0.1, 0.15) is 24.0 Å². The third-order valence-electron chi connectivity index (χ3n) is 3.33. The van der Waals surface area contributed by atoms with E-state index in [0.717, 1.165) is 6.42 Å². The van der Waals surface area contributed by atoms with E-state index in [1.165, 1.54) is 12.1 Å². The van der Waals surface area contributed by atoms with Crippen LogP contribution in [0.1, 0.15) is 25.3 Å². The van der Waals surface area contributed by atoms with Crippen LogP contribution in [-0.4, -0.2) is 39.1 Å². The minimum absolute atomic E-state index is 0.0260. The van der Waals surface area contributed by atoms with Gasteiger partial charge in [0.15, 0.2) is 11.8 Å². The van der Waals surface area contributed by atoms with Gasteiger partial charge in [0, 0.05) is 25.8 Å². The highest BCUT2D eigenvalue weighted by atomic mass is 16.4. The highest BCUT2D eigenvalue weighted by Crippen LogP contribution is 2.24. The highest BCUT2D eigenvalue weighted by molar-refractivity contribution is 5.98. The summed E-state index contributed by atoms with van der Waals surface area (Å²) in [7, 11) is 0. The number of nitrogens with zero attached hydrogens (tertiary/aromatic N) is 1. The fraction of sp³-hybridized carbons (Fsp3) is 0.385. The number of phenolic OH excluding ortho intramolecular Hbond substituents is 2. The molecule has 1 aromatic carbocycles. The van der Waals surface area contributed by atoms with Gasteiger partial charge in [-0.2, -0.15) is 0 Å². The smallest absolute Gasteiger partial charge is 0.192 e. The number of phenols is 2. The van der Waals surface area contributed by atoms with Crippen LogP contribution >= 0.6 is 0 Å². The molecule has 0 aromatic heterocycles. The molecule has 1 aromatic rings. The van der Waals surface area contributed by atoms with Crippen LogP contribution in [0.2, 0.25) is 0 Å². The van der Waals surface area contributed by atoms with Crippen LogP contribution in [0, 0.1) is 0 Å². The molecule has 2 N–H and O–H groups in total. The summed E-state index contributed by atoms with van der Waals surface area (Å²) >= 11 is 0. The molecule has 96 valence electrons. The topological polar surface area (TPSA) is 83.6 Å². The summed E-state index contributed by atoms with van der Waals surface area (Å²) < 4.78 is 1.72. The van der Waals surface area contributed by atoms with E-state index in [1.807, 2.05) is 0 Å². The zero-order valence-corrected chi connectivity index (χ0v) is 10.1. The fourth-order valence-electron chi connectivity index (χ4n) is 2.39. The van der Waals surface area contributed by atoms with Gasteiger partial charge in [-0.15, -0.1) is 0 Å². The minimum atomic E-state index is -1.09. The van der Waals surface area contributed by atoms with E-state index in [4.69, 9.17) is 0 Å². The van der Waals surface area contributed by atoms with E-state index < -0.39 is 12.0 Å². The lowest BCUT2D eigenvalue weighted by Gasteiger charge is -2.12. The molecule has 0 radical (unpaired) electrons. The Morgan fingerprint density at radius 3 is 2.78 bits per heavy atom. The van der Waals surface area contributed by atoms with Gasteiger partial charge in [0.25, 0.3) is 0 Å². The first-order valence-electron chi connectivity index (χ1n) is 5.84. The Balaban J connectivity index is 2.46. The van der Waals surface area contributed by atoms with Gasteiger partial charge >= 0.3 is 0 Å². The largest absolute Gasteiger partial charge is 0.543 e. The van der Waals surface area contributed by atoms with Crippen molar-refractivity contribution in [1.29, 1.82) is 0 Å². The molecule has 0 spiro atoms. The zero-order chi connectivity index (χ0) is 13.3. The normalized spacial score (nSPS) is 21.9. The lowest BCUT2D eigenvalue weighted by Crippen LogP contribution is -2.42. The zero-order valence-electron chi connectivity index (χ0n) is 10.1. The molecule has 1 fully saturated rings. The molecule has 18 heavy (non-hydrogen) atoms. The lowest BCUT2D eigenvalue weighted by molar-refractivity contribution is -0.543. The maximum absolute atomic E-state index is 11.0. The van der Waals surface area contributed by atoms with E-state index in [-0.39, 0.29) is 11.5 Å². The first-order chi connectivity index (χ1) is 8.50. The quantitative estimate of drug-likeness (QED) is 0.713. The molecule has 1 unspecified atom stereocenters. The molecule has 5 heteroatoms. The Morgan fingerprint density at radius 1 is 1.44 bits per heavy atom. The molecule has 5 nitrogen and oxygen atoms in total. The Labute approximate surface area is 105 Å². The standard InChI is InChI=1S/C13H15NO4/c1-8(10-5-4-9(15)7-12(10)16)14-6-2-3-11(14)13(17)18/h4-5,7,11H,2-3,6H2,1H3,(H2,15,16,17,18). The number of carbonyl (C=O) groups excluding carboxylic acids is 1. The second-order valence-electron chi connectivity index (χ2n) is 4.46. The van der Waals surface area contributed by atoms with Crippen molar-refractivity contribution in [1.82, 2.24) is 0 Å². The first kappa shape index (κ1) is 12.4. The molecule has 1 aliphatic heterocycles. The van der Waals surface area contributed by atoms with Crippen molar-refractivity contribution in [3.8, 4) is 11.5 Å². The Bertz CT molecular complexity index is 522. The molecule has 1 aliphatic rings. The van der Waals surface area contributed by atoms with Crippen molar-refractivity contribution in [3.63, 3.8) is 0 Å². The SMILES string of the molecule is CC(c1ccc(O)cc1O)=[N+]1CCCC1C(=O)[O-]. The summed E-state index contributed by atoms with van der Waals surface area (Å²) in [4.78, 5) is 11.0. The molecule has 0 saturated carbocycles. The molecule has 1 heterocycles. The number of carboxylic acid groups (broad SMARTS) is 1. The van der Waals surface area contributed by atoms with Gasteiger partial charge < -0.3 is 20.1 Å². The van der Waals surface area contributed by atoms with Crippen LogP contribution in [0.15, 0.2) is 18.2 Å². The number of benzene rings is 1. The third kappa shape index (κ3) is 2.16. The second-order valence-corrected chi connectivity index (χ2v) is 4.46. The molecular weight excluding hydrogens is 234 g/mol. The maximum Gasteiger partial charge on any atom is 0.192 e. The minimum Gasteiger partial charge on any atom is -0.543 e. The van der Waals surface area contributed by atoms with Gasteiger partial charge in [-0.3, -0.25) is 0 Å². The Hall–Kier alpha value is -2.04. The summed E-state index contributed by atoms with van der Waals surface area (Å²) in [5, 5.41) is 30.0. The maximum atomic E-state index is 11.0. The van der Waals surface area contributed by atoms with Crippen LogP contribution in [0.3, 0.4) is 0 Å². The van der Waals surface area contributed by atoms with Crippen LogP contribution in [0.25, 0.3) is 0 Å². The predicted octanol–water partition coefficient (Wildman–Crippen LogP) is -0.168. The van der Waals surface area contributed by atoms with Crippen molar-refractivity contribution >= 4 is 11.7 Å². The molecule has 2 rings (SSSR count).